The van der Waals surface area contributed by atoms with E-state index in [0.29, 0.717) is 0 Å². The number of benzene rings is 1. The van der Waals surface area contributed by atoms with Crippen LogP contribution in [0, 0.1) is 13.8 Å². The molecule has 0 saturated heterocycles. The standard InChI is InChI=1S/C13H19NO/c1-4-5-12(14)13(15)11-7-6-9(2)10(3)8-11/h6-8,12H,4-5,14H2,1-3H3. The number of hydrogen-bond donors (Lipinski definition) is 1. The maximum Gasteiger partial charge on any atom is 0.179 e. The third-order valence-electron chi connectivity index (χ3n) is 2.73. The Morgan fingerprint density at radius 1 is 1.33 bits per heavy atom. The van der Waals surface area contributed by atoms with Crippen molar-refractivity contribution in [1.29, 1.82) is 0 Å². The van der Waals surface area contributed by atoms with Crippen LogP contribution in [0.4, 0.5) is 0 Å². The topological polar surface area (TPSA) is 43.1 Å². The largest absolute Gasteiger partial charge is 0.321 e. The average molecular weight is 205 g/mol. The molecule has 0 radical (unpaired) electrons. The Hall–Kier alpha value is -1.15. The number of nitrogens with two attached hydrogens (primary N) is 1. The van der Waals surface area contributed by atoms with Crippen molar-refractivity contribution >= 4 is 5.78 Å². The first-order valence-corrected chi connectivity index (χ1v) is 5.43. The first-order valence-electron chi connectivity index (χ1n) is 5.43. The van der Waals surface area contributed by atoms with Crippen molar-refractivity contribution in [2.45, 2.75) is 39.7 Å². The summed E-state index contributed by atoms with van der Waals surface area (Å²) in [6.45, 7) is 6.08. The summed E-state index contributed by atoms with van der Waals surface area (Å²) in [4.78, 5) is 11.9. The second-order valence-corrected chi connectivity index (χ2v) is 4.06. The van der Waals surface area contributed by atoms with Crippen LogP contribution in [0.2, 0.25) is 0 Å². The summed E-state index contributed by atoms with van der Waals surface area (Å²) in [5.41, 5.74) is 8.88. The van der Waals surface area contributed by atoms with Crippen LogP contribution in [-0.4, -0.2) is 11.8 Å². The lowest BCUT2D eigenvalue weighted by atomic mass is 9.98. The number of rotatable bonds is 4. The summed E-state index contributed by atoms with van der Waals surface area (Å²) in [5.74, 6) is 0.0555. The number of ketones is 1. The average Bonchev–Trinajstić information content (AvgIpc) is 2.21. The zero-order valence-corrected chi connectivity index (χ0v) is 9.71. The molecule has 2 nitrogen and oxygen atoms in total. The first-order chi connectivity index (χ1) is 7.06. The van der Waals surface area contributed by atoms with Crippen LogP contribution in [-0.2, 0) is 0 Å². The lowest BCUT2D eigenvalue weighted by Crippen LogP contribution is -2.30. The van der Waals surface area contributed by atoms with Gasteiger partial charge < -0.3 is 5.73 Å². The molecule has 1 aromatic carbocycles. The van der Waals surface area contributed by atoms with Crippen molar-refractivity contribution in [3.63, 3.8) is 0 Å². The molecule has 0 aliphatic heterocycles. The van der Waals surface area contributed by atoms with E-state index < -0.39 is 0 Å². The fraction of sp³-hybridized carbons (Fsp3) is 0.462. The Morgan fingerprint density at radius 2 is 2.00 bits per heavy atom. The van der Waals surface area contributed by atoms with Crippen molar-refractivity contribution in [1.82, 2.24) is 0 Å². The van der Waals surface area contributed by atoms with Gasteiger partial charge in [0.25, 0.3) is 0 Å². The van der Waals surface area contributed by atoms with Crippen LogP contribution >= 0.6 is 0 Å². The molecule has 0 aliphatic rings. The van der Waals surface area contributed by atoms with Crippen LogP contribution < -0.4 is 5.73 Å². The number of aryl methyl sites for hydroxylation is 2. The molecule has 0 bridgehead atoms. The van der Waals surface area contributed by atoms with Gasteiger partial charge in [0.05, 0.1) is 6.04 Å². The third kappa shape index (κ3) is 2.90. The molecule has 82 valence electrons. The van der Waals surface area contributed by atoms with E-state index in [0.717, 1.165) is 24.0 Å². The Kier molecular flexibility index (Phi) is 4.04. The van der Waals surface area contributed by atoms with Crippen molar-refractivity contribution in [3.05, 3.63) is 34.9 Å². The maximum atomic E-state index is 11.9. The van der Waals surface area contributed by atoms with E-state index in [1.54, 1.807) is 0 Å². The maximum absolute atomic E-state index is 11.9. The van der Waals surface area contributed by atoms with E-state index in [9.17, 15) is 4.79 Å². The molecule has 0 saturated carbocycles. The zero-order valence-electron chi connectivity index (χ0n) is 9.71. The summed E-state index contributed by atoms with van der Waals surface area (Å²) < 4.78 is 0. The Balaban J connectivity index is 2.87. The lowest BCUT2D eigenvalue weighted by Gasteiger charge is -2.10. The predicted octanol–water partition coefficient (Wildman–Crippen LogP) is 2.61. The van der Waals surface area contributed by atoms with Crippen molar-refractivity contribution in [3.8, 4) is 0 Å². The molecule has 1 aromatic rings. The molecule has 1 atom stereocenters. The Labute approximate surface area is 91.5 Å². The Bertz CT molecular complexity index is 358. The Morgan fingerprint density at radius 3 is 2.53 bits per heavy atom. The van der Waals surface area contributed by atoms with Crippen LogP contribution in [0.1, 0.15) is 41.3 Å². The van der Waals surface area contributed by atoms with E-state index in [1.165, 1.54) is 5.56 Å². The van der Waals surface area contributed by atoms with Gasteiger partial charge in [-0.25, -0.2) is 0 Å². The van der Waals surface area contributed by atoms with Crippen molar-refractivity contribution < 1.29 is 4.79 Å². The van der Waals surface area contributed by atoms with Crippen molar-refractivity contribution in [2.75, 3.05) is 0 Å². The van der Waals surface area contributed by atoms with Gasteiger partial charge >= 0.3 is 0 Å². The lowest BCUT2D eigenvalue weighted by molar-refractivity contribution is 0.0957. The second-order valence-electron chi connectivity index (χ2n) is 4.06. The van der Waals surface area contributed by atoms with E-state index in [4.69, 9.17) is 5.73 Å². The highest BCUT2D eigenvalue weighted by atomic mass is 16.1. The van der Waals surface area contributed by atoms with Gasteiger partial charge in [0, 0.05) is 5.56 Å². The molecule has 1 rings (SSSR count). The van der Waals surface area contributed by atoms with Gasteiger partial charge in [-0.3, -0.25) is 4.79 Å². The van der Waals surface area contributed by atoms with Gasteiger partial charge in [-0.2, -0.15) is 0 Å². The minimum absolute atomic E-state index is 0.0555. The van der Waals surface area contributed by atoms with Gasteiger partial charge in [-0.1, -0.05) is 25.5 Å². The molecule has 0 aliphatic carbocycles. The second kappa shape index (κ2) is 5.08. The summed E-state index contributed by atoms with van der Waals surface area (Å²) in [7, 11) is 0. The molecular formula is C13H19NO. The van der Waals surface area contributed by atoms with Gasteiger partial charge in [0.2, 0.25) is 0 Å². The number of Topliss-reactive ketones (excluding diaryl/α,β-unsaturated/α-hetero) is 1. The normalized spacial score (nSPS) is 12.5. The molecule has 0 heterocycles. The fourth-order valence-corrected chi connectivity index (χ4v) is 1.55. The summed E-state index contributed by atoms with van der Waals surface area (Å²) >= 11 is 0. The van der Waals surface area contributed by atoms with Crippen LogP contribution in [0.15, 0.2) is 18.2 Å². The molecule has 2 N–H and O–H groups in total. The highest BCUT2D eigenvalue weighted by Crippen LogP contribution is 2.12. The smallest absolute Gasteiger partial charge is 0.179 e. The first kappa shape index (κ1) is 11.9. The zero-order chi connectivity index (χ0) is 11.4. The predicted molar refractivity (Wildman–Crippen MR) is 63.1 cm³/mol. The van der Waals surface area contributed by atoms with E-state index >= 15 is 0 Å². The summed E-state index contributed by atoms with van der Waals surface area (Å²) in [6.07, 6.45) is 1.70. The van der Waals surface area contributed by atoms with Crippen LogP contribution in [0.5, 0.6) is 0 Å². The molecule has 0 aromatic heterocycles. The third-order valence-corrected chi connectivity index (χ3v) is 2.73. The van der Waals surface area contributed by atoms with Crippen LogP contribution in [0.3, 0.4) is 0 Å². The minimum atomic E-state index is -0.350. The minimum Gasteiger partial charge on any atom is -0.321 e. The summed E-state index contributed by atoms with van der Waals surface area (Å²) in [6, 6.07) is 5.41. The highest BCUT2D eigenvalue weighted by Gasteiger charge is 2.14. The van der Waals surface area contributed by atoms with Crippen molar-refractivity contribution in [2.24, 2.45) is 5.73 Å². The van der Waals surface area contributed by atoms with Gasteiger partial charge in [-0.15, -0.1) is 0 Å². The van der Waals surface area contributed by atoms with Gasteiger partial charge in [-0.05, 0) is 37.5 Å². The highest BCUT2D eigenvalue weighted by molar-refractivity contribution is 6.00. The van der Waals surface area contributed by atoms with E-state index in [2.05, 4.69) is 0 Å². The number of carbonyl (C=O) groups excluding carboxylic acids is 1. The quantitative estimate of drug-likeness (QED) is 0.768. The van der Waals surface area contributed by atoms with E-state index in [-0.39, 0.29) is 11.8 Å². The van der Waals surface area contributed by atoms with Gasteiger partial charge in [0.1, 0.15) is 0 Å². The monoisotopic (exact) mass is 205 g/mol. The molecule has 0 fully saturated rings. The van der Waals surface area contributed by atoms with Gasteiger partial charge in [0.15, 0.2) is 5.78 Å². The molecule has 0 amide bonds. The molecule has 0 spiro atoms. The molecule has 15 heavy (non-hydrogen) atoms. The van der Waals surface area contributed by atoms with Crippen LogP contribution in [0.25, 0.3) is 0 Å². The number of hydrogen-bond acceptors (Lipinski definition) is 2. The molecule has 1 unspecified atom stereocenters. The SMILES string of the molecule is CCCC(N)C(=O)c1ccc(C)c(C)c1. The fourth-order valence-electron chi connectivity index (χ4n) is 1.55. The molecule has 2 heteroatoms. The summed E-state index contributed by atoms with van der Waals surface area (Å²) in [5, 5.41) is 0. The van der Waals surface area contributed by atoms with E-state index in [1.807, 2.05) is 39.0 Å². The number of carbonyl (C=O) groups is 1. The molecular weight excluding hydrogens is 186 g/mol.